The average Bonchev–Trinajstić information content (AvgIpc) is 2.21. The van der Waals surface area contributed by atoms with Crippen molar-refractivity contribution in [2.75, 3.05) is 11.9 Å². The van der Waals surface area contributed by atoms with E-state index < -0.39 is 0 Å². The van der Waals surface area contributed by atoms with Crippen LogP contribution in [0.25, 0.3) is 0 Å². The fraction of sp³-hybridized carbons (Fsp3) is 0.385. The first-order valence-electron chi connectivity index (χ1n) is 5.09. The Balaban J connectivity index is 2.49. The Morgan fingerprint density at radius 2 is 1.93 bits per heavy atom. The molecule has 0 spiro atoms. The van der Waals surface area contributed by atoms with Crippen molar-refractivity contribution in [1.29, 1.82) is 0 Å². The van der Waals surface area contributed by atoms with Crippen molar-refractivity contribution in [2.45, 2.75) is 26.7 Å². The minimum atomic E-state index is 0.726. The SMILES string of the molecule is CC#CCNc1ccc(CCC)cc1. The van der Waals surface area contributed by atoms with E-state index in [1.165, 1.54) is 12.0 Å². The Kier molecular flexibility index (Phi) is 4.64. The summed E-state index contributed by atoms with van der Waals surface area (Å²) in [6.45, 7) is 4.78. The van der Waals surface area contributed by atoms with Gasteiger partial charge >= 0.3 is 0 Å². The van der Waals surface area contributed by atoms with E-state index in [1.54, 1.807) is 0 Å². The Labute approximate surface area is 86.5 Å². The molecule has 0 unspecified atom stereocenters. The van der Waals surface area contributed by atoms with Crippen LogP contribution in [-0.2, 0) is 6.42 Å². The molecule has 0 radical (unpaired) electrons. The molecule has 0 aliphatic heterocycles. The van der Waals surface area contributed by atoms with E-state index in [0.717, 1.165) is 18.7 Å². The molecule has 1 nitrogen and oxygen atoms in total. The lowest BCUT2D eigenvalue weighted by Gasteiger charge is -2.03. The smallest absolute Gasteiger partial charge is 0.0765 e. The van der Waals surface area contributed by atoms with E-state index in [4.69, 9.17) is 0 Å². The minimum absolute atomic E-state index is 0.726. The number of anilines is 1. The van der Waals surface area contributed by atoms with Gasteiger partial charge in [-0.25, -0.2) is 0 Å². The molecule has 0 bridgehead atoms. The summed E-state index contributed by atoms with van der Waals surface area (Å²) >= 11 is 0. The van der Waals surface area contributed by atoms with Gasteiger partial charge < -0.3 is 5.32 Å². The first-order chi connectivity index (χ1) is 6.86. The average molecular weight is 187 g/mol. The van der Waals surface area contributed by atoms with E-state index >= 15 is 0 Å². The van der Waals surface area contributed by atoms with Crippen molar-refractivity contribution >= 4 is 5.69 Å². The van der Waals surface area contributed by atoms with Crippen LogP contribution in [0.4, 0.5) is 5.69 Å². The van der Waals surface area contributed by atoms with Crippen molar-refractivity contribution < 1.29 is 0 Å². The Hall–Kier alpha value is -1.42. The predicted octanol–water partition coefficient (Wildman–Crippen LogP) is 3.07. The van der Waals surface area contributed by atoms with Crippen LogP contribution in [-0.4, -0.2) is 6.54 Å². The van der Waals surface area contributed by atoms with E-state index in [9.17, 15) is 0 Å². The fourth-order valence-electron chi connectivity index (χ4n) is 1.31. The summed E-state index contributed by atoms with van der Waals surface area (Å²) in [6, 6.07) is 8.57. The van der Waals surface area contributed by atoms with Crippen LogP contribution in [0.15, 0.2) is 24.3 Å². The highest BCUT2D eigenvalue weighted by Gasteiger charge is 1.91. The van der Waals surface area contributed by atoms with Crippen LogP contribution in [0.5, 0.6) is 0 Å². The van der Waals surface area contributed by atoms with Gasteiger partial charge in [-0.15, -0.1) is 5.92 Å². The van der Waals surface area contributed by atoms with Crippen LogP contribution in [0.2, 0.25) is 0 Å². The molecule has 0 atom stereocenters. The third-order valence-electron chi connectivity index (χ3n) is 2.05. The van der Waals surface area contributed by atoms with E-state index in [1.807, 2.05) is 6.92 Å². The molecule has 1 aromatic rings. The summed E-state index contributed by atoms with van der Waals surface area (Å²) < 4.78 is 0. The number of rotatable bonds is 4. The third-order valence-corrected chi connectivity index (χ3v) is 2.05. The van der Waals surface area contributed by atoms with Crippen molar-refractivity contribution in [1.82, 2.24) is 0 Å². The van der Waals surface area contributed by atoms with E-state index in [0.29, 0.717) is 0 Å². The molecule has 0 saturated heterocycles. The number of hydrogen-bond donors (Lipinski definition) is 1. The molecule has 0 amide bonds. The highest BCUT2D eigenvalue weighted by Crippen LogP contribution is 2.10. The van der Waals surface area contributed by atoms with Gasteiger partial charge in [-0.05, 0) is 31.0 Å². The number of aryl methyl sites for hydroxylation is 1. The molecule has 1 rings (SSSR count). The van der Waals surface area contributed by atoms with Gasteiger partial charge in [0.2, 0.25) is 0 Å². The van der Waals surface area contributed by atoms with Crippen molar-refractivity contribution in [2.24, 2.45) is 0 Å². The van der Waals surface area contributed by atoms with Gasteiger partial charge in [-0.1, -0.05) is 31.4 Å². The molecule has 1 aromatic carbocycles. The molecule has 14 heavy (non-hydrogen) atoms. The molecule has 1 heteroatoms. The summed E-state index contributed by atoms with van der Waals surface area (Å²) in [5.74, 6) is 5.83. The first kappa shape index (κ1) is 10.7. The first-order valence-corrected chi connectivity index (χ1v) is 5.09. The van der Waals surface area contributed by atoms with Crippen LogP contribution in [0.3, 0.4) is 0 Å². The van der Waals surface area contributed by atoms with Gasteiger partial charge in [0.15, 0.2) is 0 Å². The summed E-state index contributed by atoms with van der Waals surface area (Å²) in [5, 5.41) is 3.24. The molecule has 0 saturated carbocycles. The maximum Gasteiger partial charge on any atom is 0.0765 e. The quantitative estimate of drug-likeness (QED) is 0.714. The predicted molar refractivity (Wildman–Crippen MR) is 62.4 cm³/mol. The van der Waals surface area contributed by atoms with Crippen LogP contribution >= 0.6 is 0 Å². The van der Waals surface area contributed by atoms with Gasteiger partial charge in [-0.3, -0.25) is 0 Å². The van der Waals surface area contributed by atoms with Gasteiger partial charge in [0, 0.05) is 5.69 Å². The number of hydrogen-bond acceptors (Lipinski definition) is 1. The second kappa shape index (κ2) is 6.10. The maximum atomic E-state index is 3.24. The van der Waals surface area contributed by atoms with Crippen LogP contribution in [0.1, 0.15) is 25.8 Å². The largest absolute Gasteiger partial charge is 0.374 e. The number of benzene rings is 1. The highest BCUT2D eigenvalue weighted by atomic mass is 14.8. The Morgan fingerprint density at radius 1 is 1.21 bits per heavy atom. The zero-order valence-electron chi connectivity index (χ0n) is 8.93. The normalized spacial score (nSPS) is 9.00. The zero-order valence-corrected chi connectivity index (χ0v) is 8.93. The molecular weight excluding hydrogens is 170 g/mol. The molecule has 1 N–H and O–H groups in total. The molecule has 74 valence electrons. The summed E-state index contributed by atoms with van der Waals surface area (Å²) in [5.41, 5.74) is 2.55. The molecule has 0 fully saturated rings. The topological polar surface area (TPSA) is 12.0 Å². The maximum absolute atomic E-state index is 3.24. The lowest BCUT2D eigenvalue weighted by atomic mass is 10.1. The zero-order chi connectivity index (χ0) is 10.2. The van der Waals surface area contributed by atoms with E-state index in [-0.39, 0.29) is 0 Å². The highest BCUT2D eigenvalue weighted by molar-refractivity contribution is 5.45. The third kappa shape index (κ3) is 3.53. The van der Waals surface area contributed by atoms with Gasteiger partial charge in [0.25, 0.3) is 0 Å². The Bertz CT molecular complexity index is 313. The van der Waals surface area contributed by atoms with Crippen molar-refractivity contribution in [3.05, 3.63) is 29.8 Å². The van der Waals surface area contributed by atoms with E-state index in [2.05, 4.69) is 48.3 Å². The summed E-state index contributed by atoms with van der Waals surface area (Å²) in [4.78, 5) is 0. The van der Waals surface area contributed by atoms with Crippen molar-refractivity contribution in [3.8, 4) is 11.8 Å². The second-order valence-electron chi connectivity index (χ2n) is 3.23. The van der Waals surface area contributed by atoms with Gasteiger partial charge in [-0.2, -0.15) is 0 Å². The van der Waals surface area contributed by atoms with Crippen LogP contribution < -0.4 is 5.32 Å². The summed E-state index contributed by atoms with van der Waals surface area (Å²) in [7, 11) is 0. The summed E-state index contributed by atoms with van der Waals surface area (Å²) in [6.07, 6.45) is 2.36. The van der Waals surface area contributed by atoms with Gasteiger partial charge in [0.1, 0.15) is 0 Å². The molecule has 0 aliphatic rings. The second-order valence-corrected chi connectivity index (χ2v) is 3.23. The van der Waals surface area contributed by atoms with Crippen molar-refractivity contribution in [3.63, 3.8) is 0 Å². The molecule has 0 heterocycles. The Morgan fingerprint density at radius 3 is 2.50 bits per heavy atom. The van der Waals surface area contributed by atoms with Crippen LogP contribution in [0, 0.1) is 11.8 Å². The fourth-order valence-corrected chi connectivity index (χ4v) is 1.31. The lowest BCUT2D eigenvalue weighted by Crippen LogP contribution is -1.98. The molecule has 0 aliphatic carbocycles. The standard InChI is InChI=1S/C13H17N/c1-3-5-11-14-13-9-7-12(6-4-2)8-10-13/h7-10,14H,4,6,11H2,1-2H3. The van der Waals surface area contributed by atoms with Gasteiger partial charge in [0.05, 0.1) is 6.54 Å². The minimum Gasteiger partial charge on any atom is -0.374 e. The molecular formula is C13H17N. The lowest BCUT2D eigenvalue weighted by molar-refractivity contribution is 0.922. The monoisotopic (exact) mass is 187 g/mol. The number of nitrogens with one attached hydrogen (secondary N) is 1. The molecule has 0 aromatic heterocycles.